The number of aliphatic carboxylic acids is 1. The van der Waals surface area contributed by atoms with Gasteiger partial charge in [-0.25, -0.2) is 0 Å². The van der Waals surface area contributed by atoms with Crippen LogP contribution in [0, 0.1) is 0 Å². The van der Waals surface area contributed by atoms with Crippen molar-refractivity contribution in [3.05, 3.63) is 63.1 Å². The third-order valence-electron chi connectivity index (χ3n) is 4.58. The van der Waals surface area contributed by atoms with Crippen molar-refractivity contribution in [3.63, 3.8) is 0 Å². The summed E-state index contributed by atoms with van der Waals surface area (Å²) in [7, 11) is 1.63. The molecule has 2 aromatic rings. The van der Waals surface area contributed by atoms with Crippen LogP contribution in [0.25, 0.3) is 0 Å². The average molecular weight is 425 g/mol. The quantitative estimate of drug-likeness (QED) is 0.752. The highest BCUT2D eigenvalue weighted by Crippen LogP contribution is 2.40. The summed E-state index contributed by atoms with van der Waals surface area (Å²) in [5, 5.41) is 10.3. The number of hydrogen-bond acceptors (Lipinski definition) is 3. The number of carbonyl (C=O) groups is 1. The van der Waals surface area contributed by atoms with E-state index in [1.54, 1.807) is 7.11 Å². The van der Waals surface area contributed by atoms with Crippen molar-refractivity contribution in [2.24, 2.45) is 0 Å². The van der Waals surface area contributed by atoms with Gasteiger partial charge in [-0.2, -0.15) is 0 Å². The van der Waals surface area contributed by atoms with Gasteiger partial charge in [0.25, 0.3) is 0 Å². The Balaban J connectivity index is 2.14. The van der Waals surface area contributed by atoms with Gasteiger partial charge in [0.1, 0.15) is 11.8 Å². The van der Waals surface area contributed by atoms with Crippen LogP contribution in [0.3, 0.4) is 0 Å². The molecule has 1 aliphatic rings. The predicted molar refractivity (Wildman–Crippen MR) is 101 cm³/mol. The Labute approximate surface area is 160 Å². The number of hydrogen-bond donors (Lipinski definition) is 1. The van der Waals surface area contributed by atoms with E-state index in [1.165, 1.54) is 0 Å². The minimum atomic E-state index is -0.787. The minimum Gasteiger partial charge on any atom is -0.496 e. The van der Waals surface area contributed by atoms with Crippen LogP contribution < -0.4 is 4.74 Å². The molecule has 25 heavy (non-hydrogen) atoms. The molecule has 0 amide bonds. The first-order chi connectivity index (χ1) is 12.0. The van der Waals surface area contributed by atoms with Crippen LogP contribution in [-0.4, -0.2) is 35.7 Å². The molecule has 0 aromatic heterocycles. The highest BCUT2D eigenvalue weighted by molar-refractivity contribution is 9.10. The first-order valence-electron chi connectivity index (χ1n) is 8.08. The molecule has 1 N–H and O–H groups in total. The smallest absolute Gasteiger partial charge is 0.320 e. The first kappa shape index (κ1) is 18.2. The molecule has 132 valence electrons. The van der Waals surface area contributed by atoms with Crippen molar-refractivity contribution in [2.75, 3.05) is 13.7 Å². The molecule has 2 atom stereocenters. The normalized spacial score (nSPS) is 18.9. The number of halogens is 2. The maximum absolute atomic E-state index is 11.8. The van der Waals surface area contributed by atoms with Crippen LogP contribution in [0.4, 0.5) is 0 Å². The molecular weight excluding hydrogens is 406 g/mol. The van der Waals surface area contributed by atoms with Crippen molar-refractivity contribution in [1.82, 2.24) is 4.90 Å². The summed E-state index contributed by atoms with van der Waals surface area (Å²) >= 11 is 9.56. The summed E-state index contributed by atoms with van der Waals surface area (Å²) in [6.07, 6.45) is 1.51. The van der Waals surface area contributed by atoms with Gasteiger partial charge in [0.15, 0.2) is 0 Å². The molecule has 0 spiro atoms. The molecule has 0 aliphatic carbocycles. The fraction of sp³-hybridized carbons (Fsp3) is 0.316. The summed E-state index contributed by atoms with van der Waals surface area (Å²) in [5.74, 6) is -0.0513. The van der Waals surface area contributed by atoms with Crippen LogP contribution in [0.2, 0.25) is 5.02 Å². The van der Waals surface area contributed by atoms with Crippen LogP contribution in [0.5, 0.6) is 5.75 Å². The van der Waals surface area contributed by atoms with Crippen molar-refractivity contribution in [2.45, 2.75) is 24.9 Å². The van der Waals surface area contributed by atoms with Gasteiger partial charge in [0, 0.05) is 21.6 Å². The van der Waals surface area contributed by atoms with E-state index in [2.05, 4.69) is 15.9 Å². The lowest BCUT2D eigenvalue weighted by Crippen LogP contribution is -2.39. The topological polar surface area (TPSA) is 49.8 Å². The highest BCUT2D eigenvalue weighted by Gasteiger charge is 2.37. The third-order valence-corrected chi connectivity index (χ3v) is 5.33. The van der Waals surface area contributed by atoms with E-state index >= 15 is 0 Å². The van der Waals surface area contributed by atoms with E-state index in [0.717, 1.165) is 34.3 Å². The number of rotatable bonds is 5. The number of nitrogens with zero attached hydrogens (tertiary/aromatic N) is 1. The lowest BCUT2D eigenvalue weighted by Gasteiger charge is -2.33. The molecule has 0 bridgehead atoms. The molecule has 2 aromatic carbocycles. The van der Waals surface area contributed by atoms with Gasteiger partial charge in [-0.1, -0.05) is 39.7 Å². The zero-order chi connectivity index (χ0) is 18.0. The Morgan fingerprint density at radius 1 is 1.32 bits per heavy atom. The molecule has 0 radical (unpaired) electrons. The van der Waals surface area contributed by atoms with E-state index in [4.69, 9.17) is 16.3 Å². The molecule has 6 heteroatoms. The Morgan fingerprint density at radius 3 is 2.68 bits per heavy atom. The average Bonchev–Trinajstić information content (AvgIpc) is 3.07. The molecule has 4 nitrogen and oxygen atoms in total. The van der Waals surface area contributed by atoms with E-state index in [0.29, 0.717) is 11.4 Å². The molecular formula is C19H19BrClNO3. The fourth-order valence-electron chi connectivity index (χ4n) is 3.48. The van der Waals surface area contributed by atoms with Gasteiger partial charge in [-0.3, -0.25) is 9.69 Å². The summed E-state index contributed by atoms with van der Waals surface area (Å²) in [6.45, 7) is 0.722. The van der Waals surface area contributed by atoms with E-state index in [-0.39, 0.29) is 6.04 Å². The lowest BCUT2D eigenvalue weighted by molar-refractivity contribution is -0.142. The van der Waals surface area contributed by atoms with E-state index < -0.39 is 12.0 Å². The van der Waals surface area contributed by atoms with Crippen molar-refractivity contribution < 1.29 is 14.6 Å². The Bertz CT molecular complexity index is 766. The Kier molecular flexibility index (Phi) is 5.67. The fourth-order valence-corrected chi connectivity index (χ4v) is 3.98. The van der Waals surface area contributed by atoms with Crippen molar-refractivity contribution in [3.8, 4) is 5.75 Å². The SMILES string of the molecule is COc1ccc(Br)cc1C(c1ccc(Cl)cc1)N1CCCC1C(=O)O. The second-order valence-electron chi connectivity index (χ2n) is 6.07. The molecule has 3 rings (SSSR count). The number of carboxylic acid groups (broad SMARTS) is 1. The summed E-state index contributed by atoms with van der Waals surface area (Å²) in [6, 6.07) is 12.6. The second-order valence-corrected chi connectivity index (χ2v) is 7.43. The van der Waals surface area contributed by atoms with Gasteiger partial charge in [0.05, 0.1) is 13.2 Å². The molecule has 2 unspecified atom stereocenters. The molecule has 0 saturated carbocycles. The standard InChI is InChI=1S/C19H19BrClNO3/c1-25-17-9-6-13(20)11-15(17)18(12-4-7-14(21)8-5-12)22-10-2-3-16(22)19(23)24/h4-9,11,16,18H,2-3,10H2,1H3,(H,23,24). The molecule has 1 aliphatic heterocycles. The van der Waals surface area contributed by atoms with Crippen LogP contribution in [0.15, 0.2) is 46.9 Å². The number of benzene rings is 2. The maximum atomic E-state index is 11.8. The zero-order valence-corrected chi connectivity index (χ0v) is 16.1. The van der Waals surface area contributed by atoms with Crippen molar-refractivity contribution in [1.29, 1.82) is 0 Å². The maximum Gasteiger partial charge on any atom is 0.320 e. The summed E-state index contributed by atoms with van der Waals surface area (Å²) < 4.78 is 6.49. The van der Waals surface area contributed by atoms with Crippen LogP contribution >= 0.6 is 27.5 Å². The summed E-state index contributed by atoms with van der Waals surface area (Å²) in [4.78, 5) is 13.8. The second kappa shape index (κ2) is 7.77. The number of methoxy groups -OCH3 is 1. The van der Waals surface area contributed by atoms with Crippen LogP contribution in [-0.2, 0) is 4.79 Å². The number of likely N-dealkylation sites (tertiary alicyclic amines) is 1. The monoisotopic (exact) mass is 423 g/mol. The predicted octanol–water partition coefficient (Wildman–Crippen LogP) is 4.75. The Morgan fingerprint density at radius 2 is 2.04 bits per heavy atom. The largest absolute Gasteiger partial charge is 0.496 e. The molecule has 1 heterocycles. The number of carboxylic acids is 1. The minimum absolute atomic E-state index is 0.215. The highest BCUT2D eigenvalue weighted by atomic mass is 79.9. The third kappa shape index (κ3) is 3.84. The van der Waals surface area contributed by atoms with E-state index in [1.807, 2.05) is 47.4 Å². The molecule has 1 fully saturated rings. The van der Waals surface area contributed by atoms with Crippen molar-refractivity contribution >= 4 is 33.5 Å². The first-order valence-corrected chi connectivity index (χ1v) is 9.26. The zero-order valence-electron chi connectivity index (χ0n) is 13.8. The summed E-state index contributed by atoms with van der Waals surface area (Å²) in [5.41, 5.74) is 1.93. The van der Waals surface area contributed by atoms with Gasteiger partial charge < -0.3 is 9.84 Å². The van der Waals surface area contributed by atoms with Gasteiger partial charge in [0.2, 0.25) is 0 Å². The number of ether oxygens (including phenoxy) is 1. The van der Waals surface area contributed by atoms with Gasteiger partial charge in [-0.15, -0.1) is 0 Å². The Hall–Kier alpha value is -1.56. The van der Waals surface area contributed by atoms with Gasteiger partial charge in [-0.05, 0) is 48.7 Å². The van der Waals surface area contributed by atoms with Crippen LogP contribution in [0.1, 0.15) is 30.0 Å². The lowest BCUT2D eigenvalue weighted by atomic mass is 9.95. The van der Waals surface area contributed by atoms with E-state index in [9.17, 15) is 9.90 Å². The van der Waals surface area contributed by atoms with Gasteiger partial charge >= 0.3 is 5.97 Å². The molecule has 1 saturated heterocycles.